The molecule has 0 rings (SSSR count). The highest BCUT2D eigenvalue weighted by molar-refractivity contribution is 6.57. The second kappa shape index (κ2) is 6.23. The number of rotatable bonds is 5. The third-order valence-corrected chi connectivity index (χ3v) is 2.82. The lowest BCUT2D eigenvalue weighted by Gasteiger charge is -2.19. The fourth-order valence-corrected chi connectivity index (χ4v) is 2.07. The van der Waals surface area contributed by atoms with Gasteiger partial charge in [0.25, 0.3) is 17.9 Å². The molecule has 0 aliphatic rings. The summed E-state index contributed by atoms with van der Waals surface area (Å²) in [5.41, 5.74) is 0. The van der Waals surface area contributed by atoms with Gasteiger partial charge in [-0.05, 0) is 6.42 Å². The van der Waals surface area contributed by atoms with Crippen LogP contribution in [0.3, 0.4) is 0 Å². The quantitative estimate of drug-likeness (QED) is 0.679. The number of hydrogen-bond acceptors (Lipinski definition) is 7. The molecule has 0 atom stereocenters. The molecule has 7 nitrogen and oxygen atoms in total. The monoisotopic (exact) mass is 250 g/mol. The van der Waals surface area contributed by atoms with Crippen LogP contribution in [0.2, 0.25) is 0 Å². The van der Waals surface area contributed by atoms with Crippen molar-refractivity contribution >= 4 is 27.0 Å². The Morgan fingerprint density at radius 3 is 1.81 bits per heavy atom. The van der Waals surface area contributed by atoms with E-state index in [4.69, 9.17) is 0 Å². The maximum absolute atomic E-state index is 11.1. The summed E-state index contributed by atoms with van der Waals surface area (Å²) in [6.07, 6.45) is 0.515. The van der Waals surface area contributed by atoms with Gasteiger partial charge in [0, 0.05) is 20.3 Å². The molecule has 0 aromatic carbocycles. The van der Waals surface area contributed by atoms with Gasteiger partial charge in [-0.2, -0.15) is 0 Å². The fourth-order valence-electron chi connectivity index (χ4n) is 0.825. The van der Waals surface area contributed by atoms with Crippen LogP contribution < -0.4 is 0 Å². The molecule has 0 bridgehead atoms. The van der Waals surface area contributed by atoms with Gasteiger partial charge < -0.3 is 18.1 Å². The lowest BCUT2D eigenvalue weighted by Crippen LogP contribution is -2.50. The highest BCUT2D eigenvalue weighted by Crippen LogP contribution is 2.08. The average molecular weight is 250 g/mol. The van der Waals surface area contributed by atoms with E-state index in [0.717, 1.165) is 13.8 Å². The SMILES string of the molecule is CCCC(=O)O[Si](O)(OC(C)=O)OC(C)=O. The first-order valence-corrected chi connectivity index (χ1v) is 6.29. The summed E-state index contributed by atoms with van der Waals surface area (Å²) in [4.78, 5) is 42.0. The van der Waals surface area contributed by atoms with Crippen LogP contribution in [0.5, 0.6) is 0 Å². The predicted molar refractivity (Wildman–Crippen MR) is 52.5 cm³/mol. The molecular weight excluding hydrogens is 236 g/mol. The van der Waals surface area contributed by atoms with E-state index in [1.54, 1.807) is 6.92 Å². The first-order chi connectivity index (χ1) is 7.29. The third-order valence-electron chi connectivity index (χ3n) is 1.24. The van der Waals surface area contributed by atoms with Crippen LogP contribution in [0.25, 0.3) is 0 Å². The van der Waals surface area contributed by atoms with Gasteiger partial charge in [-0.15, -0.1) is 0 Å². The van der Waals surface area contributed by atoms with Gasteiger partial charge in [0.2, 0.25) is 0 Å². The highest BCUT2D eigenvalue weighted by Gasteiger charge is 2.53. The van der Waals surface area contributed by atoms with Crippen LogP contribution in [0.1, 0.15) is 33.6 Å². The summed E-state index contributed by atoms with van der Waals surface area (Å²) in [5, 5.41) is 0. The van der Waals surface area contributed by atoms with Crippen LogP contribution in [0, 0.1) is 0 Å². The topological polar surface area (TPSA) is 99.1 Å². The Morgan fingerprint density at radius 1 is 1.06 bits per heavy atom. The molecule has 8 heteroatoms. The molecule has 0 spiro atoms. The van der Waals surface area contributed by atoms with Crippen molar-refractivity contribution in [3.8, 4) is 0 Å². The number of hydrogen-bond donors (Lipinski definition) is 1. The van der Waals surface area contributed by atoms with Crippen LogP contribution in [-0.4, -0.2) is 31.8 Å². The van der Waals surface area contributed by atoms with Crippen molar-refractivity contribution in [2.45, 2.75) is 33.6 Å². The van der Waals surface area contributed by atoms with Gasteiger partial charge in [0.1, 0.15) is 0 Å². The van der Waals surface area contributed by atoms with E-state index in [1.165, 1.54) is 0 Å². The van der Waals surface area contributed by atoms with Gasteiger partial charge in [0.15, 0.2) is 0 Å². The first-order valence-electron chi connectivity index (χ1n) is 4.62. The minimum Gasteiger partial charge on any atom is -0.433 e. The molecule has 0 saturated carbocycles. The second-order valence-electron chi connectivity index (χ2n) is 2.94. The number of carbonyl (C=O) groups excluding carboxylic acids is 3. The van der Waals surface area contributed by atoms with E-state index in [2.05, 4.69) is 13.3 Å². The Morgan fingerprint density at radius 2 is 1.50 bits per heavy atom. The summed E-state index contributed by atoms with van der Waals surface area (Å²) in [6, 6.07) is 0. The standard InChI is InChI=1S/C8H14O7Si/c1-4-5-8(11)15-16(12,13-6(2)9)14-7(3)10/h12H,4-5H2,1-3H3. The van der Waals surface area contributed by atoms with Crippen molar-refractivity contribution < 1.29 is 32.5 Å². The molecule has 0 saturated heterocycles. The molecular formula is C8H14O7Si. The third kappa shape index (κ3) is 6.14. The molecule has 0 fully saturated rings. The zero-order valence-corrected chi connectivity index (χ0v) is 10.3. The zero-order chi connectivity index (χ0) is 12.8. The van der Waals surface area contributed by atoms with Crippen molar-refractivity contribution in [1.29, 1.82) is 0 Å². The Bertz CT molecular complexity index is 272. The maximum atomic E-state index is 11.1. The van der Waals surface area contributed by atoms with Gasteiger partial charge in [-0.25, -0.2) is 0 Å². The molecule has 0 aromatic rings. The van der Waals surface area contributed by atoms with Crippen molar-refractivity contribution in [1.82, 2.24) is 0 Å². The van der Waals surface area contributed by atoms with E-state index in [1.807, 2.05) is 0 Å². The lowest BCUT2D eigenvalue weighted by atomic mass is 10.4. The Balaban J connectivity index is 4.58. The van der Waals surface area contributed by atoms with Gasteiger partial charge >= 0.3 is 9.05 Å². The summed E-state index contributed by atoms with van der Waals surface area (Å²) >= 11 is 0. The normalized spacial score (nSPS) is 10.5. The van der Waals surface area contributed by atoms with Gasteiger partial charge in [-0.3, -0.25) is 14.4 Å². The molecule has 0 unspecified atom stereocenters. The second-order valence-corrected chi connectivity index (χ2v) is 4.60. The Hall–Kier alpha value is -1.41. The summed E-state index contributed by atoms with van der Waals surface area (Å²) in [7, 11) is -4.52. The molecule has 0 aliphatic carbocycles. The predicted octanol–water partition coefficient (Wildman–Crippen LogP) is -0.116. The van der Waals surface area contributed by atoms with Crippen LogP contribution in [0.15, 0.2) is 0 Å². The fraction of sp³-hybridized carbons (Fsp3) is 0.625. The molecule has 0 heterocycles. The molecule has 1 N–H and O–H groups in total. The van der Waals surface area contributed by atoms with Crippen molar-refractivity contribution in [2.75, 3.05) is 0 Å². The van der Waals surface area contributed by atoms with Crippen LogP contribution >= 0.6 is 0 Å². The van der Waals surface area contributed by atoms with Crippen molar-refractivity contribution in [3.63, 3.8) is 0 Å². The minimum absolute atomic E-state index is 0.0256. The van der Waals surface area contributed by atoms with Crippen LogP contribution in [0.4, 0.5) is 0 Å². The van der Waals surface area contributed by atoms with E-state index < -0.39 is 27.0 Å². The summed E-state index contributed by atoms with van der Waals surface area (Å²) in [6.45, 7) is 3.71. The highest BCUT2D eigenvalue weighted by atomic mass is 28.4. The van der Waals surface area contributed by atoms with Crippen molar-refractivity contribution in [3.05, 3.63) is 0 Å². The molecule has 92 valence electrons. The van der Waals surface area contributed by atoms with E-state index >= 15 is 0 Å². The van der Waals surface area contributed by atoms with Crippen LogP contribution in [-0.2, 0) is 27.7 Å². The van der Waals surface area contributed by atoms with E-state index in [-0.39, 0.29) is 6.42 Å². The molecule has 0 aliphatic heterocycles. The van der Waals surface area contributed by atoms with Gasteiger partial charge in [-0.1, -0.05) is 6.92 Å². The zero-order valence-electron chi connectivity index (χ0n) is 9.31. The Kier molecular flexibility index (Phi) is 5.68. The molecule has 0 amide bonds. The number of carbonyl (C=O) groups is 3. The van der Waals surface area contributed by atoms with E-state index in [0.29, 0.717) is 6.42 Å². The molecule has 16 heavy (non-hydrogen) atoms. The Labute approximate surface area is 93.8 Å². The first kappa shape index (κ1) is 14.6. The molecule has 0 radical (unpaired) electrons. The summed E-state index contributed by atoms with van der Waals surface area (Å²) in [5.74, 6) is -2.60. The van der Waals surface area contributed by atoms with Crippen molar-refractivity contribution in [2.24, 2.45) is 0 Å². The smallest absolute Gasteiger partial charge is 0.433 e. The maximum Gasteiger partial charge on any atom is 0.896 e. The largest absolute Gasteiger partial charge is 0.896 e. The van der Waals surface area contributed by atoms with Gasteiger partial charge in [0.05, 0.1) is 0 Å². The molecule has 0 aromatic heterocycles. The minimum atomic E-state index is -4.52. The lowest BCUT2D eigenvalue weighted by molar-refractivity contribution is -0.154. The summed E-state index contributed by atoms with van der Waals surface area (Å²) < 4.78 is 13.1. The average Bonchev–Trinajstić information content (AvgIpc) is 1.98. The van der Waals surface area contributed by atoms with E-state index in [9.17, 15) is 19.2 Å².